The molecule has 1 heterocycles. The maximum absolute atomic E-state index is 14.2. The van der Waals surface area contributed by atoms with Gasteiger partial charge in [-0.3, -0.25) is 47.9 Å². The number of hydrogen-bond donors (Lipinski definition) is 16. The fourth-order valence-electron chi connectivity index (χ4n) is 6.89. The predicted molar refractivity (Wildman–Crippen MR) is 254 cm³/mol. The minimum atomic E-state index is -1.83. The summed E-state index contributed by atoms with van der Waals surface area (Å²) in [6.45, 7) is 4.88. The number of fused-ring (bicyclic) bond motifs is 1. The number of aromatic nitrogens is 1. The van der Waals surface area contributed by atoms with Gasteiger partial charge >= 0.3 is 11.9 Å². The fraction of sp³-hybridized carbons (Fsp3) is 0.578. The molecule has 11 atom stereocenters. The Bertz CT molecular complexity index is 2240. The van der Waals surface area contributed by atoms with Gasteiger partial charge in [0, 0.05) is 36.4 Å². The number of carbonyl (C=O) groups excluding carboxylic acids is 9. The number of carboxylic acid groups (broad SMARTS) is 2. The smallest absolute Gasteiger partial charge is 0.328 e. The number of carbonyl (C=O) groups is 11. The van der Waals surface area contributed by atoms with E-state index in [9.17, 15) is 73.2 Å². The lowest BCUT2D eigenvalue weighted by molar-refractivity contribution is -0.143. The minimum Gasteiger partial charge on any atom is -0.481 e. The Kier molecular flexibility index (Phi) is 25.2. The number of amides is 9. The Morgan fingerprint density at radius 1 is 0.556 bits per heavy atom. The molecule has 400 valence electrons. The van der Waals surface area contributed by atoms with Crippen molar-refractivity contribution in [3.63, 3.8) is 0 Å². The van der Waals surface area contributed by atoms with E-state index in [-0.39, 0.29) is 18.8 Å². The number of carboxylic acids is 2. The molecule has 27 nitrogen and oxygen atoms in total. The zero-order valence-electron chi connectivity index (χ0n) is 40.7. The van der Waals surface area contributed by atoms with Gasteiger partial charge in [-0.25, -0.2) is 4.79 Å². The van der Waals surface area contributed by atoms with E-state index in [1.807, 2.05) is 5.32 Å². The molecule has 0 fully saturated rings. The number of hydrogen-bond acceptors (Lipinski definition) is 15. The van der Waals surface area contributed by atoms with Crippen molar-refractivity contribution in [2.24, 2.45) is 23.3 Å². The highest BCUT2D eigenvalue weighted by molar-refractivity contribution is 5.99. The molecule has 0 bridgehead atoms. The predicted octanol–water partition coefficient (Wildman–Crippen LogP) is -4.78. The van der Waals surface area contributed by atoms with Crippen LogP contribution in [0.1, 0.15) is 78.7 Å². The first-order valence-corrected chi connectivity index (χ1v) is 23.2. The average molecular weight is 1020 g/mol. The van der Waals surface area contributed by atoms with E-state index in [1.54, 1.807) is 51.2 Å². The third-order valence-corrected chi connectivity index (χ3v) is 11.9. The summed E-state index contributed by atoms with van der Waals surface area (Å²) in [5.41, 5.74) is 12.5. The molecule has 0 saturated heterocycles. The second kappa shape index (κ2) is 29.8. The lowest BCUT2D eigenvalue weighted by Crippen LogP contribution is -2.62. The van der Waals surface area contributed by atoms with Crippen molar-refractivity contribution in [2.45, 2.75) is 134 Å². The third-order valence-electron chi connectivity index (χ3n) is 11.9. The summed E-state index contributed by atoms with van der Waals surface area (Å²) in [6, 6.07) is -7.02. The molecule has 72 heavy (non-hydrogen) atoms. The number of aromatic amines is 1. The Hall–Kier alpha value is -7.23. The van der Waals surface area contributed by atoms with Gasteiger partial charge in [0.1, 0.15) is 48.3 Å². The van der Waals surface area contributed by atoms with E-state index in [0.29, 0.717) is 22.9 Å². The summed E-state index contributed by atoms with van der Waals surface area (Å²) in [4.78, 5) is 146. The number of para-hydroxylation sites is 1. The molecular formula is C45H69N11O16. The van der Waals surface area contributed by atoms with Gasteiger partial charge < -0.3 is 84.5 Å². The molecule has 9 amide bonds. The summed E-state index contributed by atoms with van der Waals surface area (Å²) in [7, 11) is 0. The Morgan fingerprint density at radius 2 is 1.01 bits per heavy atom. The van der Waals surface area contributed by atoms with Crippen LogP contribution in [0.3, 0.4) is 0 Å². The zero-order valence-corrected chi connectivity index (χ0v) is 40.7. The van der Waals surface area contributed by atoms with Gasteiger partial charge in [0.2, 0.25) is 53.2 Å². The molecule has 0 unspecified atom stereocenters. The standard InChI is InChI=1S/C45H69N11O16/c1-6-21(3)35(47)43(69)53-30(18-57)42(68)52-29(16-24-17-48-26-11-9-8-10-25(24)26)40(66)50-28(13-15-34(61)62)39(65)56-36(22(4)7-2)44(70)54-31(19-58)41(67)51-27(12-14-33(46)60)38(64)49-23(5)37(63)55-32(20-59)45(71)72/h8-11,17,21-23,27-32,35-36,48,57-59H,6-7,12-16,18-20,47H2,1-5H3,(H2,46,60)(H,49,64)(H,50,66)(H,51,67)(H,52,68)(H,53,69)(H,54,70)(H,55,63)(H,56,65)(H,61,62)(H,71,72)/t21-,22-,23-,27-,28-,29-,30-,31-,32-,35-,36-/m0/s1. The van der Waals surface area contributed by atoms with Crippen LogP contribution >= 0.6 is 0 Å². The summed E-state index contributed by atoms with van der Waals surface area (Å²) in [5, 5.41) is 67.6. The van der Waals surface area contributed by atoms with Gasteiger partial charge in [0.05, 0.1) is 25.9 Å². The van der Waals surface area contributed by atoms with Crippen LogP contribution in [0.25, 0.3) is 10.9 Å². The number of H-pyrrole nitrogens is 1. The topological polar surface area (TPSA) is 453 Å². The lowest BCUT2D eigenvalue weighted by atomic mass is 9.97. The van der Waals surface area contributed by atoms with E-state index < -0.39 is 171 Å². The number of rotatable bonds is 32. The summed E-state index contributed by atoms with van der Waals surface area (Å²) in [6.07, 6.45) is -0.0720. The molecule has 27 heteroatoms. The van der Waals surface area contributed by atoms with E-state index in [1.165, 1.54) is 6.92 Å². The number of aliphatic hydroxyl groups is 3. The van der Waals surface area contributed by atoms with Crippen LogP contribution in [-0.2, 0) is 59.2 Å². The van der Waals surface area contributed by atoms with Crippen LogP contribution in [0.15, 0.2) is 30.5 Å². The average Bonchev–Trinajstić information content (AvgIpc) is 3.76. The minimum absolute atomic E-state index is 0.205. The van der Waals surface area contributed by atoms with Crippen LogP contribution in [0, 0.1) is 11.8 Å². The Balaban J connectivity index is 2.41. The molecule has 0 saturated carbocycles. The van der Waals surface area contributed by atoms with Crippen LogP contribution in [0.2, 0.25) is 0 Å². The van der Waals surface area contributed by atoms with Crippen molar-refractivity contribution < 1.29 is 78.3 Å². The molecule has 2 aromatic rings. The second-order valence-corrected chi connectivity index (χ2v) is 17.3. The quantitative estimate of drug-likeness (QED) is 0.0327. The van der Waals surface area contributed by atoms with Crippen molar-refractivity contribution in [3.05, 3.63) is 36.0 Å². The van der Waals surface area contributed by atoms with Gasteiger partial charge in [-0.15, -0.1) is 0 Å². The highest BCUT2D eigenvalue weighted by Gasteiger charge is 2.36. The van der Waals surface area contributed by atoms with Crippen molar-refractivity contribution in [3.8, 4) is 0 Å². The SMILES string of the molecule is CC[C@H](C)[C@H](N)C(=O)N[C@@H](CO)C(=O)N[C@@H](Cc1c[nH]c2ccccc12)C(=O)N[C@@H](CCC(=O)O)C(=O)N[C@H](C(=O)N[C@@H](CO)C(=O)N[C@@H](CCC(N)=O)C(=O)N[C@@H](C)C(=O)N[C@@H](CO)C(=O)O)[C@@H](C)CC. The third kappa shape index (κ3) is 18.8. The maximum atomic E-state index is 14.2. The molecule has 0 aliphatic carbocycles. The van der Waals surface area contributed by atoms with Crippen molar-refractivity contribution >= 4 is 76.0 Å². The largest absolute Gasteiger partial charge is 0.481 e. The fourth-order valence-corrected chi connectivity index (χ4v) is 6.89. The highest BCUT2D eigenvalue weighted by Crippen LogP contribution is 2.20. The molecule has 0 aliphatic heterocycles. The summed E-state index contributed by atoms with van der Waals surface area (Å²) < 4.78 is 0. The molecule has 0 radical (unpaired) electrons. The molecule has 1 aromatic heterocycles. The van der Waals surface area contributed by atoms with E-state index in [2.05, 4.69) is 42.2 Å². The summed E-state index contributed by atoms with van der Waals surface area (Å²) >= 11 is 0. The van der Waals surface area contributed by atoms with Crippen LogP contribution < -0.4 is 54.0 Å². The van der Waals surface area contributed by atoms with Crippen molar-refractivity contribution in [1.82, 2.24) is 47.5 Å². The molecular weight excluding hydrogens is 951 g/mol. The van der Waals surface area contributed by atoms with Crippen molar-refractivity contribution in [2.75, 3.05) is 19.8 Å². The van der Waals surface area contributed by atoms with Crippen molar-refractivity contribution in [1.29, 1.82) is 0 Å². The second-order valence-electron chi connectivity index (χ2n) is 17.3. The lowest BCUT2D eigenvalue weighted by Gasteiger charge is -2.29. The number of nitrogens with two attached hydrogens (primary N) is 2. The number of benzene rings is 1. The van der Waals surface area contributed by atoms with E-state index in [0.717, 1.165) is 6.92 Å². The number of aliphatic hydroxyl groups excluding tert-OH is 3. The molecule has 18 N–H and O–H groups in total. The molecule has 0 aliphatic rings. The van der Waals surface area contributed by atoms with E-state index >= 15 is 0 Å². The van der Waals surface area contributed by atoms with E-state index in [4.69, 9.17) is 16.6 Å². The maximum Gasteiger partial charge on any atom is 0.328 e. The monoisotopic (exact) mass is 1020 g/mol. The zero-order chi connectivity index (χ0) is 54.4. The number of primary amides is 1. The highest BCUT2D eigenvalue weighted by atomic mass is 16.4. The number of aliphatic carboxylic acids is 2. The van der Waals surface area contributed by atoms with Crippen LogP contribution in [0.4, 0.5) is 0 Å². The first-order valence-electron chi connectivity index (χ1n) is 23.2. The summed E-state index contributed by atoms with van der Waals surface area (Å²) in [5.74, 6) is -13.1. The normalized spacial score (nSPS) is 15.7. The van der Waals surface area contributed by atoms with Crippen LogP contribution in [-0.4, -0.2) is 170 Å². The molecule has 1 aromatic carbocycles. The van der Waals surface area contributed by atoms with Gasteiger partial charge in [-0.1, -0.05) is 58.7 Å². The Morgan fingerprint density at radius 3 is 1.53 bits per heavy atom. The van der Waals surface area contributed by atoms with Gasteiger partial charge in [0.15, 0.2) is 0 Å². The first-order chi connectivity index (χ1) is 33.9. The van der Waals surface area contributed by atoms with Gasteiger partial charge in [0.25, 0.3) is 0 Å². The molecule has 2 rings (SSSR count). The number of nitrogens with one attached hydrogen (secondary N) is 9. The molecule has 0 spiro atoms. The van der Waals surface area contributed by atoms with Crippen LogP contribution in [0.5, 0.6) is 0 Å². The van der Waals surface area contributed by atoms with Gasteiger partial charge in [-0.2, -0.15) is 0 Å². The Labute approximate surface area is 414 Å². The van der Waals surface area contributed by atoms with Gasteiger partial charge in [-0.05, 0) is 43.2 Å². The first kappa shape index (κ1) is 60.9.